The Labute approximate surface area is 142 Å². The van der Waals surface area contributed by atoms with Crippen molar-refractivity contribution in [3.05, 3.63) is 60.0 Å². The minimum absolute atomic E-state index is 0.951. The number of para-hydroxylation sites is 2. The second-order valence-corrected chi connectivity index (χ2v) is 6.23. The molecule has 0 aliphatic carbocycles. The topological polar surface area (TPSA) is 45.2 Å². The summed E-state index contributed by atoms with van der Waals surface area (Å²) in [6.45, 7) is 7.07. The van der Waals surface area contributed by atoms with E-state index in [0.29, 0.717) is 0 Å². The first-order valence-electron chi connectivity index (χ1n) is 8.39. The zero-order valence-corrected chi connectivity index (χ0v) is 13.9. The van der Waals surface area contributed by atoms with E-state index in [4.69, 9.17) is 4.98 Å². The summed E-state index contributed by atoms with van der Waals surface area (Å²) >= 11 is 0. The van der Waals surface area contributed by atoms with E-state index in [0.717, 1.165) is 55.3 Å². The monoisotopic (exact) mass is 319 g/mol. The van der Waals surface area contributed by atoms with E-state index in [-0.39, 0.29) is 0 Å². The van der Waals surface area contributed by atoms with Crippen LogP contribution in [0.1, 0.15) is 11.3 Å². The maximum Gasteiger partial charge on any atom is 0.147 e. The highest BCUT2D eigenvalue weighted by Crippen LogP contribution is 2.18. The number of piperazine rings is 1. The van der Waals surface area contributed by atoms with Gasteiger partial charge < -0.3 is 4.90 Å². The summed E-state index contributed by atoms with van der Waals surface area (Å²) < 4.78 is 0. The van der Waals surface area contributed by atoms with E-state index < -0.39 is 0 Å². The van der Waals surface area contributed by atoms with Crippen LogP contribution in [0.5, 0.6) is 0 Å². The highest BCUT2D eigenvalue weighted by molar-refractivity contribution is 5.75. The first-order valence-corrected chi connectivity index (χ1v) is 8.39. The predicted molar refractivity (Wildman–Crippen MR) is 96.0 cm³/mol. The van der Waals surface area contributed by atoms with Crippen molar-refractivity contribution in [2.45, 2.75) is 13.5 Å². The summed E-state index contributed by atoms with van der Waals surface area (Å²) in [5.41, 5.74) is 4.35. The van der Waals surface area contributed by atoms with Crippen molar-refractivity contribution in [3.63, 3.8) is 0 Å². The summed E-state index contributed by atoms with van der Waals surface area (Å²) in [4.78, 5) is 18.5. The molecular weight excluding hydrogens is 298 g/mol. The third kappa shape index (κ3) is 3.08. The Morgan fingerprint density at radius 3 is 2.50 bits per heavy atom. The molecule has 1 aliphatic heterocycles. The van der Waals surface area contributed by atoms with Crippen LogP contribution in [-0.2, 0) is 6.54 Å². The number of hydrogen-bond acceptors (Lipinski definition) is 5. The average Bonchev–Trinajstić information content (AvgIpc) is 2.64. The molecule has 0 atom stereocenters. The molecule has 1 aliphatic rings. The van der Waals surface area contributed by atoms with Crippen molar-refractivity contribution in [3.8, 4) is 0 Å². The summed E-state index contributed by atoms with van der Waals surface area (Å²) in [7, 11) is 0. The molecule has 1 fully saturated rings. The molecule has 0 N–H and O–H groups in total. The van der Waals surface area contributed by atoms with Crippen LogP contribution in [0.2, 0.25) is 0 Å². The maximum atomic E-state index is 4.76. The van der Waals surface area contributed by atoms with E-state index in [9.17, 15) is 0 Å². The summed E-state index contributed by atoms with van der Waals surface area (Å²) in [6, 6.07) is 12.2. The highest BCUT2D eigenvalue weighted by Gasteiger charge is 2.19. The molecule has 24 heavy (non-hydrogen) atoms. The fraction of sp³-hybridized carbons (Fsp3) is 0.316. The zero-order chi connectivity index (χ0) is 16.4. The Hall–Kier alpha value is -2.53. The van der Waals surface area contributed by atoms with E-state index in [1.54, 1.807) is 0 Å². The molecule has 0 unspecified atom stereocenters. The van der Waals surface area contributed by atoms with Crippen LogP contribution in [0.3, 0.4) is 0 Å². The zero-order valence-electron chi connectivity index (χ0n) is 13.9. The Balaban J connectivity index is 1.42. The Morgan fingerprint density at radius 2 is 1.71 bits per heavy atom. The second kappa shape index (κ2) is 6.53. The van der Waals surface area contributed by atoms with Crippen LogP contribution in [0.15, 0.2) is 48.8 Å². The normalized spacial score (nSPS) is 15.8. The number of benzene rings is 1. The van der Waals surface area contributed by atoms with Gasteiger partial charge in [-0.25, -0.2) is 4.98 Å². The lowest BCUT2D eigenvalue weighted by atomic mass is 10.2. The summed E-state index contributed by atoms with van der Waals surface area (Å²) in [5, 5.41) is 0. The fourth-order valence-electron chi connectivity index (χ4n) is 3.16. The molecule has 1 aromatic carbocycles. The van der Waals surface area contributed by atoms with E-state index >= 15 is 0 Å². The smallest absolute Gasteiger partial charge is 0.147 e. The van der Waals surface area contributed by atoms with Crippen LogP contribution in [0, 0.1) is 6.92 Å². The number of anilines is 1. The standard InChI is InChI=1S/C19H21N5/c1-15-16(5-4-8-20-15)14-23-9-11-24(12-10-23)19-13-21-17-6-2-3-7-18(17)22-19/h2-8,13H,9-12,14H2,1H3. The van der Waals surface area contributed by atoms with Crippen molar-refractivity contribution in [1.82, 2.24) is 19.9 Å². The number of aryl methyl sites for hydroxylation is 1. The summed E-state index contributed by atoms with van der Waals surface area (Å²) in [6.07, 6.45) is 3.75. The van der Waals surface area contributed by atoms with Gasteiger partial charge in [-0.3, -0.25) is 14.9 Å². The lowest BCUT2D eigenvalue weighted by molar-refractivity contribution is 0.248. The van der Waals surface area contributed by atoms with Gasteiger partial charge in [0.05, 0.1) is 17.2 Å². The van der Waals surface area contributed by atoms with Gasteiger partial charge in [0.25, 0.3) is 0 Å². The minimum Gasteiger partial charge on any atom is -0.353 e. The van der Waals surface area contributed by atoms with E-state index in [2.05, 4.69) is 32.8 Å². The van der Waals surface area contributed by atoms with Gasteiger partial charge in [-0.1, -0.05) is 18.2 Å². The molecule has 0 radical (unpaired) electrons. The average molecular weight is 319 g/mol. The minimum atomic E-state index is 0.951. The molecule has 2 aromatic heterocycles. The van der Waals surface area contributed by atoms with E-state index in [1.807, 2.05) is 42.7 Å². The van der Waals surface area contributed by atoms with Crippen molar-refractivity contribution in [2.75, 3.05) is 31.1 Å². The molecule has 0 spiro atoms. The van der Waals surface area contributed by atoms with Gasteiger partial charge in [-0.2, -0.15) is 0 Å². The molecule has 0 bridgehead atoms. The van der Waals surface area contributed by atoms with Crippen molar-refractivity contribution in [2.24, 2.45) is 0 Å². The summed E-state index contributed by atoms with van der Waals surface area (Å²) in [5.74, 6) is 0.978. The van der Waals surface area contributed by atoms with Gasteiger partial charge in [0.1, 0.15) is 5.82 Å². The van der Waals surface area contributed by atoms with Crippen LogP contribution < -0.4 is 4.90 Å². The van der Waals surface area contributed by atoms with Crippen molar-refractivity contribution >= 4 is 16.9 Å². The highest BCUT2D eigenvalue weighted by atomic mass is 15.3. The van der Waals surface area contributed by atoms with Gasteiger partial charge in [0.15, 0.2) is 0 Å². The Kier molecular flexibility index (Phi) is 4.09. The molecule has 5 heteroatoms. The van der Waals surface area contributed by atoms with Gasteiger partial charge in [0, 0.05) is 44.6 Å². The lowest BCUT2D eigenvalue weighted by Gasteiger charge is -2.35. The molecule has 5 nitrogen and oxygen atoms in total. The van der Waals surface area contributed by atoms with Gasteiger partial charge in [-0.15, -0.1) is 0 Å². The van der Waals surface area contributed by atoms with Crippen LogP contribution >= 0.6 is 0 Å². The number of pyridine rings is 1. The Morgan fingerprint density at radius 1 is 0.917 bits per heavy atom. The largest absolute Gasteiger partial charge is 0.353 e. The molecule has 0 saturated carbocycles. The lowest BCUT2D eigenvalue weighted by Crippen LogP contribution is -2.46. The third-order valence-corrected chi connectivity index (χ3v) is 4.64. The third-order valence-electron chi connectivity index (χ3n) is 4.64. The molecule has 3 heterocycles. The maximum absolute atomic E-state index is 4.76. The van der Waals surface area contributed by atoms with Crippen LogP contribution in [-0.4, -0.2) is 46.0 Å². The number of aromatic nitrogens is 3. The first kappa shape index (κ1) is 15.0. The fourth-order valence-corrected chi connectivity index (χ4v) is 3.16. The number of nitrogens with zero attached hydrogens (tertiary/aromatic N) is 5. The van der Waals surface area contributed by atoms with Crippen molar-refractivity contribution < 1.29 is 0 Å². The van der Waals surface area contributed by atoms with Gasteiger partial charge in [-0.05, 0) is 30.7 Å². The van der Waals surface area contributed by atoms with Crippen LogP contribution in [0.4, 0.5) is 5.82 Å². The second-order valence-electron chi connectivity index (χ2n) is 6.23. The van der Waals surface area contributed by atoms with Crippen LogP contribution in [0.25, 0.3) is 11.0 Å². The number of rotatable bonds is 3. The number of hydrogen-bond donors (Lipinski definition) is 0. The molecule has 3 aromatic rings. The first-order chi connectivity index (χ1) is 11.8. The number of fused-ring (bicyclic) bond motifs is 1. The van der Waals surface area contributed by atoms with Crippen molar-refractivity contribution in [1.29, 1.82) is 0 Å². The van der Waals surface area contributed by atoms with Gasteiger partial charge >= 0.3 is 0 Å². The molecular formula is C19H21N5. The van der Waals surface area contributed by atoms with E-state index in [1.165, 1.54) is 5.56 Å². The molecule has 122 valence electrons. The molecule has 1 saturated heterocycles. The quantitative estimate of drug-likeness (QED) is 0.743. The predicted octanol–water partition coefficient (Wildman–Crippen LogP) is 2.66. The van der Waals surface area contributed by atoms with Gasteiger partial charge in [0.2, 0.25) is 0 Å². The molecule has 4 rings (SSSR count). The SMILES string of the molecule is Cc1ncccc1CN1CCN(c2cnc3ccccc3n2)CC1. The molecule has 0 amide bonds. The Bertz CT molecular complexity index is 840.